The second kappa shape index (κ2) is 4.66. The van der Waals surface area contributed by atoms with Crippen molar-refractivity contribution in [2.75, 3.05) is 6.61 Å². The molecule has 1 aromatic rings. The van der Waals surface area contributed by atoms with Gasteiger partial charge in [0.15, 0.2) is 5.78 Å². The lowest BCUT2D eigenvalue weighted by molar-refractivity contribution is 0.0976. The molecule has 2 N–H and O–H groups in total. The van der Waals surface area contributed by atoms with Gasteiger partial charge in [-0.15, -0.1) is 0 Å². The summed E-state index contributed by atoms with van der Waals surface area (Å²) in [6.45, 7) is 2.62. The van der Waals surface area contributed by atoms with Crippen molar-refractivity contribution in [1.29, 1.82) is 0 Å². The summed E-state index contributed by atoms with van der Waals surface area (Å²) in [7, 11) is 0. The highest BCUT2D eigenvalue weighted by atomic mass is 16.5. The van der Waals surface area contributed by atoms with Gasteiger partial charge in [0.1, 0.15) is 5.75 Å². The van der Waals surface area contributed by atoms with Crippen LogP contribution in [0.4, 0.5) is 0 Å². The molecule has 1 unspecified atom stereocenters. The molecule has 0 fully saturated rings. The van der Waals surface area contributed by atoms with Crippen LogP contribution in [0.5, 0.6) is 5.75 Å². The third kappa shape index (κ3) is 2.42. The minimum Gasteiger partial charge on any atom is -0.493 e. The Kier molecular flexibility index (Phi) is 3.25. The van der Waals surface area contributed by atoms with Gasteiger partial charge >= 0.3 is 0 Å². The molecule has 3 nitrogen and oxygen atoms in total. The van der Waals surface area contributed by atoms with Gasteiger partial charge in [0, 0.05) is 18.0 Å². The lowest BCUT2D eigenvalue weighted by Crippen LogP contribution is -2.20. The summed E-state index contributed by atoms with van der Waals surface area (Å²) in [4.78, 5) is 11.8. The van der Waals surface area contributed by atoms with Crippen LogP contribution in [0.15, 0.2) is 18.2 Å². The second-order valence-corrected chi connectivity index (χ2v) is 4.38. The van der Waals surface area contributed by atoms with E-state index in [0.29, 0.717) is 6.42 Å². The maximum absolute atomic E-state index is 11.8. The van der Waals surface area contributed by atoms with Crippen molar-refractivity contribution >= 4 is 5.78 Å². The minimum absolute atomic E-state index is 0.0835. The summed E-state index contributed by atoms with van der Waals surface area (Å²) in [6.07, 6.45) is 2.42. The zero-order valence-corrected chi connectivity index (χ0v) is 9.53. The summed E-state index contributed by atoms with van der Waals surface area (Å²) < 4.78 is 5.50. The number of carbonyl (C=O) groups is 1. The molecule has 0 bridgehead atoms. The van der Waals surface area contributed by atoms with E-state index < -0.39 is 0 Å². The fourth-order valence-electron chi connectivity index (χ4n) is 1.94. The molecule has 0 radical (unpaired) electrons. The summed E-state index contributed by atoms with van der Waals surface area (Å²) in [5, 5.41) is 0. The molecular formula is C13H17NO2. The summed E-state index contributed by atoms with van der Waals surface area (Å²) in [5.41, 5.74) is 7.51. The number of rotatable bonds is 3. The van der Waals surface area contributed by atoms with Crippen LogP contribution in [0.3, 0.4) is 0 Å². The standard InChI is InChI=1S/C13H17NO2/c1-9(14)7-12(15)10-4-5-13-11(8-10)3-2-6-16-13/h4-5,8-9H,2-3,6-7,14H2,1H3. The highest BCUT2D eigenvalue weighted by Crippen LogP contribution is 2.26. The van der Waals surface area contributed by atoms with Crippen molar-refractivity contribution in [3.05, 3.63) is 29.3 Å². The van der Waals surface area contributed by atoms with Crippen LogP contribution in [0.2, 0.25) is 0 Å². The van der Waals surface area contributed by atoms with Crippen LogP contribution in [-0.4, -0.2) is 18.4 Å². The van der Waals surface area contributed by atoms with E-state index in [0.717, 1.165) is 36.3 Å². The molecule has 0 amide bonds. The van der Waals surface area contributed by atoms with Gasteiger partial charge in [-0.1, -0.05) is 0 Å². The zero-order chi connectivity index (χ0) is 11.5. The summed E-state index contributed by atoms with van der Waals surface area (Å²) in [5.74, 6) is 1.03. The number of fused-ring (bicyclic) bond motifs is 1. The Morgan fingerprint density at radius 1 is 1.56 bits per heavy atom. The number of hydrogen-bond acceptors (Lipinski definition) is 3. The quantitative estimate of drug-likeness (QED) is 0.790. The van der Waals surface area contributed by atoms with Crippen molar-refractivity contribution in [2.45, 2.75) is 32.2 Å². The first kappa shape index (κ1) is 11.1. The lowest BCUT2D eigenvalue weighted by Gasteiger charge is -2.17. The normalized spacial score (nSPS) is 16.1. The Balaban J connectivity index is 2.19. The second-order valence-electron chi connectivity index (χ2n) is 4.38. The molecule has 16 heavy (non-hydrogen) atoms. The molecule has 0 aliphatic carbocycles. The average molecular weight is 219 g/mol. The largest absolute Gasteiger partial charge is 0.493 e. The fraction of sp³-hybridized carbons (Fsp3) is 0.462. The minimum atomic E-state index is -0.0835. The van der Waals surface area contributed by atoms with E-state index in [4.69, 9.17) is 10.5 Å². The fourth-order valence-corrected chi connectivity index (χ4v) is 1.94. The van der Waals surface area contributed by atoms with Crippen molar-refractivity contribution in [3.63, 3.8) is 0 Å². The van der Waals surface area contributed by atoms with Crippen molar-refractivity contribution in [2.24, 2.45) is 5.73 Å². The van der Waals surface area contributed by atoms with Gasteiger partial charge < -0.3 is 10.5 Å². The van der Waals surface area contributed by atoms with Gasteiger partial charge in [-0.05, 0) is 43.5 Å². The van der Waals surface area contributed by atoms with Crippen LogP contribution < -0.4 is 10.5 Å². The van der Waals surface area contributed by atoms with Crippen LogP contribution in [0.1, 0.15) is 35.7 Å². The predicted molar refractivity (Wildman–Crippen MR) is 62.9 cm³/mol. The van der Waals surface area contributed by atoms with Crippen LogP contribution in [0, 0.1) is 0 Å². The SMILES string of the molecule is CC(N)CC(=O)c1ccc2c(c1)CCCO2. The van der Waals surface area contributed by atoms with E-state index >= 15 is 0 Å². The highest BCUT2D eigenvalue weighted by molar-refractivity contribution is 5.96. The third-order valence-electron chi connectivity index (χ3n) is 2.74. The third-order valence-corrected chi connectivity index (χ3v) is 2.74. The van der Waals surface area contributed by atoms with E-state index in [1.165, 1.54) is 0 Å². The number of aryl methyl sites for hydroxylation is 1. The first-order valence-corrected chi connectivity index (χ1v) is 5.71. The van der Waals surface area contributed by atoms with E-state index in [-0.39, 0.29) is 11.8 Å². The molecule has 0 spiro atoms. The topological polar surface area (TPSA) is 52.3 Å². The zero-order valence-electron chi connectivity index (χ0n) is 9.53. The average Bonchev–Trinajstić information content (AvgIpc) is 2.27. The molecule has 1 aliphatic rings. The predicted octanol–water partition coefficient (Wildman–Crippen LogP) is 1.93. The van der Waals surface area contributed by atoms with Crippen molar-refractivity contribution in [3.8, 4) is 5.75 Å². The van der Waals surface area contributed by atoms with E-state index in [1.54, 1.807) is 0 Å². The molecule has 0 saturated heterocycles. The molecule has 1 aromatic carbocycles. The molecular weight excluding hydrogens is 202 g/mol. The van der Waals surface area contributed by atoms with Gasteiger partial charge in [0.2, 0.25) is 0 Å². The Labute approximate surface area is 95.6 Å². The Morgan fingerprint density at radius 3 is 3.12 bits per heavy atom. The van der Waals surface area contributed by atoms with Gasteiger partial charge in [-0.25, -0.2) is 0 Å². The summed E-state index contributed by atoms with van der Waals surface area (Å²) in [6, 6.07) is 5.58. The van der Waals surface area contributed by atoms with Crippen molar-refractivity contribution in [1.82, 2.24) is 0 Å². The number of carbonyl (C=O) groups excluding carboxylic acids is 1. The maximum atomic E-state index is 11.8. The molecule has 86 valence electrons. The maximum Gasteiger partial charge on any atom is 0.164 e. The van der Waals surface area contributed by atoms with Crippen LogP contribution >= 0.6 is 0 Å². The lowest BCUT2D eigenvalue weighted by atomic mass is 9.99. The number of benzene rings is 1. The first-order chi connectivity index (χ1) is 7.66. The molecule has 3 heteroatoms. The van der Waals surface area contributed by atoms with Crippen LogP contribution in [-0.2, 0) is 6.42 Å². The highest BCUT2D eigenvalue weighted by Gasteiger charge is 2.14. The van der Waals surface area contributed by atoms with Crippen LogP contribution in [0.25, 0.3) is 0 Å². The Hall–Kier alpha value is -1.35. The number of ketones is 1. The van der Waals surface area contributed by atoms with Crippen molar-refractivity contribution < 1.29 is 9.53 Å². The molecule has 1 aliphatic heterocycles. The summed E-state index contributed by atoms with van der Waals surface area (Å²) >= 11 is 0. The monoisotopic (exact) mass is 219 g/mol. The smallest absolute Gasteiger partial charge is 0.164 e. The Morgan fingerprint density at radius 2 is 2.38 bits per heavy atom. The van der Waals surface area contributed by atoms with Gasteiger partial charge in [-0.3, -0.25) is 4.79 Å². The molecule has 0 saturated carbocycles. The van der Waals surface area contributed by atoms with E-state index in [1.807, 2.05) is 25.1 Å². The number of Topliss-reactive ketones (excluding diaryl/α,β-unsaturated/α-hetero) is 1. The number of ether oxygens (including phenoxy) is 1. The Bertz CT molecular complexity index is 399. The first-order valence-electron chi connectivity index (χ1n) is 5.71. The number of nitrogens with two attached hydrogens (primary N) is 1. The van der Waals surface area contributed by atoms with Gasteiger partial charge in [-0.2, -0.15) is 0 Å². The van der Waals surface area contributed by atoms with Gasteiger partial charge in [0.05, 0.1) is 6.61 Å². The van der Waals surface area contributed by atoms with Gasteiger partial charge in [0.25, 0.3) is 0 Å². The number of hydrogen-bond donors (Lipinski definition) is 1. The molecule has 2 rings (SSSR count). The molecule has 1 heterocycles. The van der Waals surface area contributed by atoms with E-state index in [2.05, 4.69) is 0 Å². The van der Waals surface area contributed by atoms with E-state index in [9.17, 15) is 4.79 Å². The molecule has 1 atom stereocenters. The molecule has 0 aromatic heterocycles.